The summed E-state index contributed by atoms with van der Waals surface area (Å²) in [4.78, 5) is 23.8. The molecule has 2 aromatic carbocycles. The molecule has 3 unspecified atom stereocenters. The van der Waals surface area contributed by atoms with Crippen molar-refractivity contribution in [2.75, 3.05) is 13.2 Å². The first kappa shape index (κ1) is 16.1. The van der Waals surface area contributed by atoms with Gasteiger partial charge < -0.3 is 15.2 Å². The van der Waals surface area contributed by atoms with E-state index in [9.17, 15) is 9.59 Å². The summed E-state index contributed by atoms with van der Waals surface area (Å²) in [5.41, 5.74) is 0.424. The lowest BCUT2D eigenvalue weighted by Gasteiger charge is -2.27. The van der Waals surface area contributed by atoms with Gasteiger partial charge in [0.15, 0.2) is 0 Å². The van der Waals surface area contributed by atoms with Gasteiger partial charge >= 0.3 is 5.97 Å². The molecule has 5 heteroatoms. The molecule has 0 radical (unpaired) electrons. The molecule has 2 aliphatic rings. The second-order valence-electron chi connectivity index (χ2n) is 7.20. The Bertz CT molecular complexity index is 825. The lowest BCUT2D eigenvalue weighted by atomic mass is 9.93. The van der Waals surface area contributed by atoms with Crippen molar-refractivity contribution in [3.8, 4) is 0 Å². The van der Waals surface area contributed by atoms with Gasteiger partial charge in [-0.2, -0.15) is 0 Å². The molecular formula is C20H21NO4. The topological polar surface area (TPSA) is 75.6 Å². The fraction of sp³-hybridized carbons (Fsp3) is 0.400. The predicted molar refractivity (Wildman–Crippen MR) is 93.4 cm³/mol. The number of aliphatic carboxylic acids is 1. The molecule has 2 N–H and O–H groups in total. The summed E-state index contributed by atoms with van der Waals surface area (Å²) >= 11 is 0. The van der Waals surface area contributed by atoms with E-state index in [-0.39, 0.29) is 30.8 Å². The summed E-state index contributed by atoms with van der Waals surface area (Å²) in [5, 5.41) is 14.5. The second kappa shape index (κ2) is 6.15. The zero-order chi connectivity index (χ0) is 17.4. The number of hydrogen-bond acceptors (Lipinski definition) is 3. The van der Waals surface area contributed by atoms with Crippen LogP contribution in [0.1, 0.15) is 30.7 Å². The molecule has 130 valence electrons. The van der Waals surface area contributed by atoms with Gasteiger partial charge in [-0.1, -0.05) is 42.5 Å². The van der Waals surface area contributed by atoms with E-state index in [1.165, 1.54) is 16.3 Å². The fourth-order valence-corrected chi connectivity index (χ4v) is 3.82. The van der Waals surface area contributed by atoms with Crippen molar-refractivity contribution in [1.29, 1.82) is 0 Å². The first-order chi connectivity index (χ1) is 12.1. The van der Waals surface area contributed by atoms with Crippen LogP contribution >= 0.6 is 0 Å². The second-order valence-corrected chi connectivity index (χ2v) is 7.20. The Morgan fingerprint density at radius 2 is 2.00 bits per heavy atom. The highest BCUT2D eigenvalue weighted by Gasteiger charge is 2.47. The fourth-order valence-electron chi connectivity index (χ4n) is 3.82. The molecule has 1 amide bonds. The Morgan fingerprint density at radius 3 is 2.72 bits per heavy atom. The molecule has 25 heavy (non-hydrogen) atoms. The summed E-state index contributed by atoms with van der Waals surface area (Å²) < 4.78 is 5.34. The third kappa shape index (κ3) is 3.24. The molecule has 1 aliphatic heterocycles. The molecule has 1 saturated carbocycles. The number of carbonyl (C=O) groups excluding carboxylic acids is 1. The van der Waals surface area contributed by atoms with Crippen LogP contribution < -0.4 is 5.32 Å². The lowest BCUT2D eigenvalue weighted by Crippen LogP contribution is -2.51. The van der Waals surface area contributed by atoms with E-state index >= 15 is 0 Å². The molecule has 5 nitrogen and oxygen atoms in total. The largest absolute Gasteiger partial charge is 0.481 e. The van der Waals surface area contributed by atoms with Gasteiger partial charge in [-0.05, 0) is 35.1 Å². The molecule has 1 saturated heterocycles. The van der Waals surface area contributed by atoms with Gasteiger partial charge in [-0.3, -0.25) is 9.59 Å². The molecule has 3 atom stereocenters. The van der Waals surface area contributed by atoms with Crippen LogP contribution in [0.3, 0.4) is 0 Å². The molecule has 0 spiro atoms. The third-order valence-electron chi connectivity index (χ3n) is 5.31. The third-order valence-corrected chi connectivity index (χ3v) is 5.31. The molecule has 2 fully saturated rings. The quantitative estimate of drug-likeness (QED) is 0.878. The number of hydrogen-bond donors (Lipinski definition) is 2. The number of carbonyl (C=O) groups is 2. The van der Waals surface area contributed by atoms with Crippen LogP contribution in [-0.2, 0) is 14.3 Å². The van der Waals surface area contributed by atoms with Crippen LogP contribution in [0.4, 0.5) is 0 Å². The minimum atomic E-state index is -0.910. The molecular weight excluding hydrogens is 318 g/mol. The van der Waals surface area contributed by atoms with Crippen molar-refractivity contribution in [2.45, 2.75) is 30.7 Å². The first-order valence-electron chi connectivity index (χ1n) is 8.67. The number of fused-ring (bicyclic) bond motifs is 1. The van der Waals surface area contributed by atoms with E-state index in [0.717, 1.165) is 6.42 Å². The van der Waals surface area contributed by atoms with Crippen LogP contribution in [0.15, 0.2) is 42.5 Å². The highest BCUT2D eigenvalue weighted by molar-refractivity contribution is 5.86. The van der Waals surface area contributed by atoms with Crippen LogP contribution in [0, 0.1) is 5.92 Å². The minimum Gasteiger partial charge on any atom is -0.481 e. The Balaban J connectivity index is 1.46. The summed E-state index contributed by atoms with van der Waals surface area (Å²) in [7, 11) is 0. The average molecular weight is 339 g/mol. The van der Waals surface area contributed by atoms with Crippen molar-refractivity contribution in [3.63, 3.8) is 0 Å². The molecule has 0 aromatic heterocycles. The lowest BCUT2D eigenvalue weighted by molar-refractivity contribution is -0.139. The Labute approximate surface area is 146 Å². The van der Waals surface area contributed by atoms with E-state index < -0.39 is 11.5 Å². The van der Waals surface area contributed by atoms with Crippen LogP contribution in [0.2, 0.25) is 0 Å². The Hall–Kier alpha value is -2.40. The maximum Gasteiger partial charge on any atom is 0.305 e. The monoisotopic (exact) mass is 339 g/mol. The first-order valence-corrected chi connectivity index (χ1v) is 8.67. The molecule has 1 aliphatic carbocycles. The number of nitrogens with one attached hydrogen (secondary N) is 1. The van der Waals surface area contributed by atoms with Gasteiger partial charge in [0.25, 0.3) is 0 Å². The smallest absolute Gasteiger partial charge is 0.305 e. The number of carboxylic acid groups (broad SMARTS) is 1. The summed E-state index contributed by atoms with van der Waals surface area (Å²) in [6, 6.07) is 14.5. The molecule has 2 aromatic rings. The van der Waals surface area contributed by atoms with Crippen molar-refractivity contribution in [2.24, 2.45) is 5.92 Å². The maximum atomic E-state index is 12.6. The van der Waals surface area contributed by atoms with E-state index in [4.69, 9.17) is 9.84 Å². The predicted octanol–water partition coefficient (Wildman–Crippen LogP) is 2.69. The highest BCUT2D eigenvalue weighted by Crippen LogP contribution is 2.48. The summed E-state index contributed by atoms with van der Waals surface area (Å²) in [6.07, 6.45) is 1.28. The molecule has 1 heterocycles. The zero-order valence-electron chi connectivity index (χ0n) is 13.9. The van der Waals surface area contributed by atoms with Crippen molar-refractivity contribution >= 4 is 22.6 Å². The maximum absolute atomic E-state index is 12.6. The number of rotatable bonds is 5. The van der Waals surface area contributed by atoms with Crippen molar-refractivity contribution < 1.29 is 19.4 Å². The number of benzene rings is 2. The van der Waals surface area contributed by atoms with Crippen molar-refractivity contribution in [1.82, 2.24) is 5.32 Å². The van der Waals surface area contributed by atoms with E-state index in [1.54, 1.807) is 0 Å². The van der Waals surface area contributed by atoms with Crippen LogP contribution in [0.25, 0.3) is 10.8 Å². The van der Waals surface area contributed by atoms with Gasteiger partial charge in [0.05, 0.1) is 18.6 Å². The van der Waals surface area contributed by atoms with Crippen molar-refractivity contribution in [3.05, 3.63) is 48.0 Å². The minimum absolute atomic E-state index is 0.0510. The number of carboxylic acids is 1. The van der Waals surface area contributed by atoms with Gasteiger partial charge in [-0.25, -0.2) is 0 Å². The van der Waals surface area contributed by atoms with E-state index in [0.29, 0.717) is 13.0 Å². The van der Waals surface area contributed by atoms with Gasteiger partial charge in [0.1, 0.15) is 0 Å². The number of amides is 1. The van der Waals surface area contributed by atoms with Gasteiger partial charge in [-0.15, -0.1) is 0 Å². The zero-order valence-corrected chi connectivity index (χ0v) is 13.9. The van der Waals surface area contributed by atoms with Gasteiger partial charge in [0, 0.05) is 12.5 Å². The summed E-state index contributed by atoms with van der Waals surface area (Å²) in [6.45, 7) is 0.769. The SMILES string of the molecule is O=C(O)CC1(NC(=O)C2CC2c2ccc3ccccc3c2)CCOC1. The highest BCUT2D eigenvalue weighted by atomic mass is 16.5. The van der Waals surface area contributed by atoms with E-state index in [2.05, 4.69) is 35.6 Å². The summed E-state index contributed by atoms with van der Waals surface area (Å²) in [5.74, 6) is -0.821. The van der Waals surface area contributed by atoms with Gasteiger partial charge in [0.2, 0.25) is 5.91 Å². The van der Waals surface area contributed by atoms with Crippen LogP contribution in [-0.4, -0.2) is 35.7 Å². The molecule has 0 bridgehead atoms. The Kier molecular flexibility index (Phi) is 3.96. The average Bonchev–Trinajstić information content (AvgIpc) is 3.28. The Morgan fingerprint density at radius 1 is 1.20 bits per heavy atom. The molecule has 4 rings (SSSR count). The number of ether oxygens (including phenoxy) is 1. The standard InChI is InChI=1S/C20H21NO4/c22-18(23)11-20(7-8-25-12-20)21-19(24)17-10-16(17)15-6-5-13-3-1-2-4-14(13)9-15/h1-6,9,16-17H,7-8,10-12H2,(H,21,24)(H,22,23). The normalized spacial score (nSPS) is 28.0. The van der Waals surface area contributed by atoms with Crippen LogP contribution in [0.5, 0.6) is 0 Å². The van der Waals surface area contributed by atoms with E-state index in [1.807, 2.05) is 12.1 Å².